The molecule has 0 saturated heterocycles. The largest absolute Gasteiger partial charge is 0.493 e. The molecular formula is C13H15N3O3. The lowest BCUT2D eigenvalue weighted by Crippen LogP contribution is -2.12. The number of ether oxygens (including phenoxy) is 2. The summed E-state index contributed by atoms with van der Waals surface area (Å²) in [6, 6.07) is 6.83. The normalized spacial score (nSPS) is 10.1. The lowest BCUT2D eigenvalue weighted by atomic mass is 10.2. The third-order valence-corrected chi connectivity index (χ3v) is 2.58. The molecule has 0 unspecified atom stereocenters. The minimum absolute atomic E-state index is 0.281. The van der Waals surface area contributed by atoms with Crippen molar-refractivity contribution in [3.63, 3.8) is 0 Å². The van der Waals surface area contributed by atoms with E-state index in [2.05, 4.69) is 15.5 Å². The summed E-state index contributed by atoms with van der Waals surface area (Å²) in [7, 11) is 3.10. The molecular weight excluding hydrogens is 246 g/mol. The first-order valence-corrected chi connectivity index (χ1v) is 5.69. The van der Waals surface area contributed by atoms with E-state index in [1.807, 2.05) is 6.92 Å². The minimum Gasteiger partial charge on any atom is -0.493 e. The van der Waals surface area contributed by atoms with E-state index in [4.69, 9.17) is 9.47 Å². The van der Waals surface area contributed by atoms with Crippen LogP contribution in [0.2, 0.25) is 0 Å². The van der Waals surface area contributed by atoms with Crippen LogP contribution in [-0.2, 0) is 0 Å². The van der Waals surface area contributed by atoms with Gasteiger partial charge in [-0.25, -0.2) is 0 Å². The number of benzene rings is 1. The zero-order valence-electron chi connectivity index (χ0n) is 11.0. The molecule has 6 nitrogen and oxygen atoms in total. The maximum Gasteiger partial charge on any atom is 0.276 e. The Morgan fingerprint density at radius 3 is 2.53 bits per heavy atom. The summed E-state index contributed by atoms with van der Waals surface area (Å²) in [4.78, 5) is 11.9. The maximum absolute atomic E-state index is 11.9. The molecule has 1 aromatic heterocycles. The Labute approximate surface area is 110 Å². The molecule has 1 aromatic carbocycles. The highest BCUT2D eigenvalue weighted by Gasteiger charge is 2.11. The van der Waals surface area contributed by atoms with Crippen LogP contribution in [0.1, 0.15) is 16.2 Å². The number of carbonyl (C=O) groups excluding carboxylic acids is 1. The van der Waals surface area contributed by atoms with E-state index in [-0.39, 0.29) is 5.91 Å². The van der Waals surface area contributed by atoms with E-state index in [0.717, 1.165) is 5.69 Å². The van der Waals surface area contributed by atoms with Crippen molar-refractivity contribution < 1.29 is 14.3 Å². The number of nitrogens with zero attached hydrogens (tertiary/aromatic N) is 1. The van der Waals surface area contributed by atoms with Crippen molar-refractivity contribution in [2.45, 2.75) is 6.92 Å². The van der Waals surface area contributed by atoms with Crippen LogP contribution in [0.3, 0.4) is 0 Å². The number of hydrogen-bond acceptors (Lipinski definition) is 4. The lowest BCUT2D eigenvalue weighted by molar-refractivity contribution is 0.102. The van der Waals surface area contributed by atoms with Crippen molar-refractivity contribution in [2.24, 2.45) is 0 Å². The van der Waals surface area contributed by atoms with E-state index in [1.54, 1.807) is 38.5 Å². The molecule has 0 aliphatic carbocycles. The highest BCUT2D eigenvalue weighted by Crippen LogP contribution is 2.29. The molecule has 2 rings (SSSR count). The van der Waals surface area contributed by atoms with Crippen LogP contribution >= 0.6 is 0 Å². The Balaban J connectivity index is 2.17. The second kappa shape index (κ2) is 5.43. The van der Waals surface area contributed by atoms with Gasteiger partial charge in [0.1, 0.15) is 0 Å². The van der Waals surface area contributed by atoms with Crippen LogP contribution in [0.4, 0.5) is 5.69 Å². The first kappa shape index (κ1) is 12.9. The molecule has 0 radical (unpaired) electrons. The summed E-state index contributed by atoms with van der Waals surface area (Å²) in [5, 5.41) is 9.36. The summed E-state index contributed by atoms with van der Waals surface area (Å²) < 4.78 is 10.3. The van der Waals surface area contributed by atoms with Crippen LogP contribution < -0.4 is 14.8 Å². The average Bonchev–Trinajstić information content (AvgIpc) is 2.85. The van der Waals surface area contributed by atoms with E-state index < -0.39 is 0 Å². The van der Waals surface area contributed by atoms with Crippen LogP contribution in [0, 0.1) is 6.92 Å². The van der Waals surface area contributed by atoms with E-state index in [0.29, 0.717) is 22.9 Å². The molecule has 0 spiro atoms. The average molecular weight is 261 g/mol. The number of anilines is 1. The van der Waals surface area contributed by atoms with E-state index in [9.17, 15) is 4.79 Å². The van der Waals surface area contributed by atoms with Crippen molar-refractivity contribution in [3.05, 3.63) is 35.7 Å². The molecule has 0 aliphatic rings. The second-order valence-electron chi connectivity index (χ2n) is 3.96. The van der Waals surface area contributed by atoms with Gasteiger partial charge >= 0.3 is 0 Å². The van der Waals surface area contributed by atoms with Gasteiger partial charge in [0.2, 0.25) is 0 Å². The van der Waals surface area contributed by atoms with Gasteiger partial charge < -0.3 is 14.8 Å². The molecule has 100 valence electrons. The third-order valence-electron chi connectivity index (χ3n) is 2.58. The number of aromatic amines is 1. The molecule has 0 bridgehead atoms. The van der Waals surface area contributed by atoms with Crippen LogP contribution in [-0.4, -0.2) is 30.3 Å². The van der Waals surface area contributed by atoms with Gasteiger partial charge in [-0.15, -0.1) is 0 Å². The summed E-state index contributed by atoms with van der Waals surface area (Å²) >= 11 is 0. The standard InChI is InChI=1S/C13H15N3O3/c1-8-6-10(16-15-8)13(17)14-9-4-5-11(18-2)12(7-9)19-3/h4-7H,1-3H3,(H,14,17)(H,15,16). The van der Waals surface area contributed by atoms with Gasteiger partial charge in [0, 0.05) is 17.4 Å². The van der Waals surface area contributed by atoms with Gasteiger partial charge in [-0.2, -0.15) is 5.10 Å². The number of methoxy groups -OCH3 is 2. The Morgan fingerprint density at radius 1 is 1.21 bits per heavy atom. The lowest BCUT2D eigenvalue weighted by Gasteiger charge is -2.09. The molecule has 0 saturated carbocycles. The fraction of sp³-hybridized carbons (Fsp3) is 0.231. The van der Waals surface area contributed by atoms with Gasteiger partial charge in [-0.3, -0.25) is 9.89 Å². The SMILES string of the molecule is COc1ccc(NC(=O)c2cc(C)[nH]n2)cc1OC. The summed E-state index contributed by atoms with van der Waals surface area (Å²) in [5.41, 5.74) is 1.79. The molecule has 6 heteroatoms. The monoisotopic (exact) mass is 261 g/mol. The van der Waals surface area contributed by atoms with Crippen molar-refractivity contribution >= 4 is 11.6 Å². The zero-order chi connectivity index (χ0) is 13.8. The van der Waals surface area contributed by atoms with Gasteiger partial charge in [-0.1, -0.05) is 0 Å². The Morgan fingerprint density at radius 2 is 1.95 bits per heavy atom. The molecule has 0 aliphatic heterocycles. The van der Waals surface area contributed by atoms with Crippen molar-refractivity contribution in [1.29, 1.82) is 0 Å². The molecule has 1 heterocycles. The van der Waals surface area contributed by atoms with Gasteiger partial charge in [0.05, 0.1) is 14.2 Å². The fourth-order valence-electron chi connectivity index (χ4n) is 1.64. The molecule has 0 atom stereocenters. The highest BCUT2D eigenvalue weighted by atomic mass is 16.5. The number of nitrogens with one attached hydrogen (secondary N) is 2. The number of aromatic nitrogens is 2. The molecule has 19 heavy (non-hydrogen) atoms. The highest BCUT2D eigenvalue weighted by molar-refractivity contribution is 6.03. The number of rotatable bonds is 4. The topological polar surface area (TPSA) is 76.2 Å². The first-order valence-electron chi connectivity index (χ1n) is 5.69. The van der Waals surface area contributed by atoms with E-state index in [1.165, 1.54) is 0 Å². The van der Waals surface area contributed by atoms with Gasteiger partial charge in [0.25, 0.3) is 5.91 Å². The minimum atomic E-state index is -0.281. The summed E-state index contributed by atoms with van der Waals surface area (Å²) in [5.74, 6) is 0.881. The van der Waals surface area contributed by atoms with Gasteiger partial charge in [0.15, 0.2) is 17.2 Å². The first-order chi connectivity index (χ1) is 9.13. The van der Waals surface area contributed by atoms with Gasteiger partial charge in [-0.05, 0) is 25.1 Å². The number of amides is 1. The zero-order valence-corrected chi connectivity index (χ0v) is 11.0. The molecule has 2 aromatic rings. The van der Waals surface area contributed by atoms with E-state index >= 15 is 0 Å². The molecule has 2 N–H and O–H groups in total. The molecule has 1 amide bonds. The van der Waals surface area contributed by atoms with Crippen molar-refractivity contribution in [2.75, 3.05) is 19.5 Å². The van der Waals surface area contributed by atoms with Crippen LogP contribution in [0.25, 0.3) is 0 Å². The Hall–Kier alpha value is -2.50. The maximum atomic E-state index is 11.9. The van der Waals surface area contributed by atoms with Crippen LogP contribution in [0.5, 0.6) is 11.5 Å². The predicted molar refractivity (Wildman–Crippen MR) is 70.8 cm³/mol. The van der Waals surface area contributed by atoms with Crippen molar-refractivity contribution in [1.82, 2.24) is 10.2 Å². The molecule has 0 fully saturated rings. The smallest absolute Gasteiger partial charge is 0.276 e. The summed E-state index contributed by atoms with van der Waals surface area (Å²) in [6.07, 6.45) is 0. The quantitative estimate of drug-likeness (QED) is 0.882. The Bertz CT molecular complexity index is 593. The summed E-state index contributed by atoms with van der Waals surface area (Å²) in [6.45, 7) is 1.83. The number of hydrogen-bond donors (Lipinski definition) is 2. The number of H-pyrrole nitrogens is 1. The second-order valence-corrected chi connectivity index (χ2v) is 3.96. The third kappa shape index (κ3) is 2.85. The Kier molecular flexibility index (Phi) is 3.70. The van der Waals surface area contributed by atoms with Crippen LogP contribution in [0.15, 0.2) is 24.3 Å². The van der Waals surface area contributed by atoms with Crippen molar-refractivity contribution in [3.8, 4) is 11.5 Å². The number of aryl methyl sites for hydroxylation is 1. The fourth-order valence-corrected chi connectivity index (χ4v) is 1.64. The predicted octanol–water partition coefficient (Wildman–Crippen LogP) is 1.99. The number of carbonyl (C=O) groups is 1.